The van der Waals surface area contributed by atoms with Crippen LogP contribution in [0.4, 0.5) is 0 Å². The molecule has 89 heavy (non-hydrogen) atoms. The Morgan fingerprint density at radius 2 is 1.30 bits per heavy atom. The zero-order valence-corrected chi connectivity index (χ0v) is 51.5. The van der Waals surface area contributed by atoms with E-state index in [2.05, 4.69) is 26.8 Å². The minimum Gasteiger partial charge on any atom is -0.479 e. The lowest BCUT2D eigenvalue weighted by atomic mass is 9.33. The Kier molecular flexibility index (Phi) is 19.6. The van der Waals surface area contributed by atoms with Gasteiger partial charge in [-0.3, -0.25) is 4.79 Å². The lowest BCUT2D eigenvalue weighted by molar-refractivity contribution is -0.399. The molecule has 13 N–H and O–H groups in total. The summed E-state index contributed by atoms with van der Waals surface area (Å²) in [5.74, 6) is -3.62. The van der Waals surface area contributed by atoms with Crippen molar-refractivity contribution in [2.45, 2.75) is 235 Å². The molecule has 9 aliphatic rings. The second-order valence-corrected chi connectivity index (χ2v) is 28.4. The summed E-state index contributed by atoms with van der Waals surface area (Å²) in [6.45, 7) is 13.6. The molecule has 0 bridgehead atoms. The summed E-state index contributed by atoms with van der Waals surface area (Å²) in [4.78, 5) is 39.4. The number of aliphatic carboxylic acids is 1. The van der Waals surface area contributed by atoms with Crippen molar-refractivity contribution in [3.63, 3.8) is 0 Å². The number of hydrogen-bond acceptors (Lipinski definition) is 25. The van der Waals surface area contributed by atoms with Gasteiger partial charge in [-0.15, -0.1) is 0 Å². The maximum atomic E-state index is 13.6. The van der Waals surface area contributed by atoms with Crippen LogP contribution in [-0.4, -0.2) is 246 Å². The van der Waals surface area contributed by atoms with Gasteiger partial charge in [0.05, 0.1) is 37.4 Å². The number of carbonyl (C=O) groups excluding carboxylic acids is 2. The summed E-state index contributed by atoms with van der Waals surface area (Å²) < 4.78 is 60.6. The Balaban J connectivity index is 0.948. The van der Waals surface area contributed by atoms with Gasteiger partial charge >= 0.3 is 17.9 Å². The Morgan fingerprint density at radius 1 is 0.663 bits per heavy atom. The molecule has 0 aromatic heterocycles. The van der Waals surface area contributed by atoms with Gasteiger partial charge in [0.15, 0.2) is 31.3 Å². The Labute approximate surface area is 516 Å². The zero-order valence-electron chi connectivity index (χ0n) is 51.5. The van der Waals surface area contributed by atoms with Crippen LogP contribution in [0, 0.1) is 50.2 Å². The number of ether oxygens (including phenoxy) is 10. The highest BCUT2D eigenvalue weighted by Crippen LogP contribution is 2.76. The molecule has 1 aromatic carbocycles. The number of hydrogen-bond donors (Lipinski definition) is 13. The van der Waals surface area contributed by atoms with Crippen LogP contribution in [-0.2, 0) is 61.8 Å². The molecule has 4 saturated carbocycles. The maximum absolute atomic E-state index is 13.6. The quantitative estimate of drug-likeness (QED) is 0.0458. The van der Waals surface area contributed by atoms with Crippen LogP contribution >= 0.6 is 0 Å². The number of fused-ring (bicyclic) bond motifs is 7. The number of aliphatic hydroxyl groups is 12. The second-order valence-electron chi connectivity index (χ2n) is 28.4. The summed E-state index contributed by atoms with van der Waals surface area (Å²) >= 11 is 0. The lowest BCUT2D eigenvalue weighted by Crippen LogP contribution is -2.72. The largest absolute Gasteiger partial charge is 0.479 e. The third kappa shape index (κ3) is 11.9. The second kappa shape index (κ2) is 25.6. The number of carboxylic acids is 1. The van der Waals surface area contributed by atoms with Gasteiger partial charge < -0.3 is 114 Å². The van der Waals surface area contributed by atoms with Crippen molar-refractivity contribution in [2.75, 3.05) is 26.4 Å². The standard InChI is InChI=1S/C63H92O26/c1-28(65)82-27-63-31(22-58(2,3)52(51(63)77)85-39(69)17-14-29-12-10-9-11-13-29)30-15-16-36-60(6)20-19-38(59(4,5)35(60)18-21-61(36,7)62(30,8)23-37(63)68)84-57-50(89-55-45(75)43(73)42(72)34(24-64)83-55)47(46(76)48(87-57)53(78)79)86-56-49(41(71)33(67)26-81-56)88-54-44(74)40(70)32(66)25-80-54/h9-15,17,31-38,40-52,54-57,64,66-68,70-77H,16,18-27H2,1-8H3,(H,78,79)/t31-,32+,33-,34+,35-,36+,37+,38-,40-,41-,42-,43-,44+,45+,46-,47-,48-,49+,50+,51-,52-,54-,55-,56-,57+,60-,61+,62+,63-/m0/s1. The van der Waals surface area contributed by atoms with Gasteiger partial charge in [0, 0.05) is 18.4 Å². The first kappa shape index (κ1) is 68.2. The molecule has 4 aliphatic heterocycles. The summed E-state index contributed by atoms with van der Waals surface area (Å²) in [6.07, 6.45) is -29.8. The highest BCUT2D eigenvalue weighted by Gasteiger charge is 2.73. The average molecular weight is 1270 g/mol. The molecule has 1 aromatic rings. The van der Waals surface area contributed by atoms with Gasteiger partial charge in [-0.05, 0) is 96.0 Å². The summed E-state index contributed by atoms with van der Waals surface area (Å²) in [6, 6.07) is 9.21. The van der Waals surface area contributed by atoms with E-state index in [9.17, 15) is 80.8 Å². The van der Waals surface area contributed by atoms with E-state index in [-0.39, 0.29) is 24.9 Å². The predicted octanol–water partition coefficient (Wildman–Crippen LogP) is -0.444. The number of allylic oxidation sites excluding steroid dienone is 2. The molecule has 5 aliphatic carbocycles. The molecule has 4 heterocycles. The minimum atomic E-state index is -2.21. The highest BCUT2D eigenvalue weighted by atomic mass is 16.8. The fraction of sp³-hybridized carbons (Fsp3) is 0.794. The van der Waals surface area contributed by atoms with Crippen molar-refractivity contribution < 1.29 is 128 Å². The Bertz CT molecular complexity index is 2750. The van der Waals surface area contributed by atoms with Crippen molar-refractivity contribution in [1.29, 1.82) is 0 Å². The molecular formula is C63H92O26. The molecule has 29 atom stereocenters. The molecule has 10 rings (SSSR count). The molecule has 26 heteroatoms. The lowest BCUT2D eigenvalue weighted by Gasteiger charge is -2.72. The van der Waals surface area contributed by atoms with Gasteiger partial charge in [0.2, 0.25) is 0 Å². The van der Waals surface area contributed by atoms with E-state index in [0.717, 1.165) is 11.1 Å². The number of rotatable bonds is 15. The van der Waals surface area contributed by atoms with E-state index in [4.69, 9.17) is 47.4 Å². The summed E-state index contributed by atoms with van der Waals surface area (Å²) in [5.41, 5.74) is -2.88. The minimum absolute atomic E-state index is 0.0203. The number of esters is 2. The maximum Gasteiger partial charge on any atom is 0.335 e. The smallest absolute Gasteiger partial charge is 0.335 e. The number of aliphatic hydroxyl groups excluding tert-OH is 12. The van der Waals surface area contributed by atoms with Gasteiger partial charge in [-0.1, -0.05) is 90.4 Å². The van der Waals surface area contributed by atoms with Crippen LogP contribution in [0.5, 0.6) is 0 Å². The van der Waals surface area contributed by atoms with Crippen molar-refractivity contribution in [2.24, 2.45) is 50.2 Å². The van der Waals surface area contributed by atoms with Gasteiger partial charge in [-0.25, -0.2) is 9.59 Å². The van der Waals surface area contributed by atoms with E-state index in [0.29, 0.717) is 38.5 Å². The first-order valence-corrected chi connectivity index (χ1v) is 31.0. The third-order valence-corrected chi connectivity index (χ3v) is 22.7. The zero-order chi connectivity index (χ0) is 64.8. The van der Waals surface area contributed by atoms with Gasteiger partial charge in [0.1, 0.15) is 98.2 Å². The van der Waals surface area contributed by atoms with E-state index < -0.39 is 211 Å². The van der Waals surface area contributed by atoms with E-state index in [1.54, 1.807) is 6.08 Å². The fourth-order valence-electron chi connectivity index (χ4n) is 17.6. The molecule has 0 amide bonds. The topological polar surface area (TPSA) is 407 Å². The number of carboxylic acid groups (broad SMARTS) is 1. The summed E-state index contributed by atoms with van der Waals surface area (Å²) in [7, 11) is 0. The molecule has 4 saturated heterocycles. The number of benzene rings is 1. The van der Waals surface area contributed by atoms with Crippen LogP contribution in [0.2, 0.25) is 0 Å². The fourth-order valence-corrected chi connectivity index (χ4v) is 17.6. The van der Waals surface area contributed by atoms with Crippen LogP contribution < -0.4 is 0 Å². The monoisotopic (exact) mass is 1260 g/mol. The molecule has 500 valence electrons. The molecule has 0 unspecified atom stereocenters. The SMILES string of the molecule is CC(=O)OC[C@@]12[C@H](O)C[C@]3(C)C(=CC[C@@H]4[C@@]5(C)CC[C@H](O[C@@H]6O[C@H](C(=O)O)[C@@H](O)[C@H](O[C@@H]7OC[C@H](O)[C@H](O)[C@H]7O[C@@H]7OC[C@@H](O)[C@H](O)[C@H]7O)[C@H]6O[C@@H]6O[C@H](CO)[C@H](O)[C@H](O)[C@H]6O)C(C)(C)[C@@H]5CC[C@]43C)[C@@H]1CC(C)(C)[C@@H](OC(=O)C=Cc1ccccc1)[C@@H]2O. The Hall–Kier alpha value is -3.69. The molecule has 0 spiro atoms. The van der Waals surface area contributed by atoms with Crippen molar-refractivity contribution in [3.8, 4) is 0 Å². The highest BCUT2D eigenvalue weighted by molar-refractivity contribution is 5.87. The molecule has 26 nitrogen and oxygen atoms in total. The van der Waals surface area contributed by atoms with E-state index in [1.165, 1.54) is 13.0 Å². The molecule has 8 fully saturated rings. The van der Waals surface area contributed by atoms with Crippen LogP contribution in [0.3, 0.4) is 0 Å². The predicted molar refractivity (Wildman–Crippen MR) is 304 cm³/mol. The van der Waals surface area contributed by atoms with E-state index in [1.807, 2.05) is 58.0 Å². The van der Waals surface area contributed by atoms with Gasteiger partial charge in [0.25, 0.3) is 0 Å². The van der Waals surface area contributed by atoms with Crippen LogP contribution in [0.1, 0.15) is 106 Å². The summed E-state index contributed by atoms with van der Waals surface area (Å²) in [5, 5.41) is 145. The molecule has 0 radical (unpaired) electrons. The average Bonchev–Trinajstić information content (AvgIpc) is 0.673. The normalized spacial score (nSPS) is 48.6. The number of carbonyl (C=O) groups is 3. The van der Waals surface area contributed by atoms with E-state index >= 15 is 0 Å². The van der Waals surface area contributed by atoms with Gasteiger partial charge in [-0.2, -0.15) is 0 Å². The van der Waals surface area contributed by atoms with Crippen molar-refractivity contribution in [1.82, 2.24) is 0 Å². The van der Waals surface area contributed by atoms with Crippen LogP contribution in [0.15, 0.2) is 48.1 Å². The van der Waals surface area contributed by atoms with Crippen molar-refractivity contribution >= 4 is 24.0 Å². The third-order valence-electron chi connectivity index (χ3n) is 22.7. The van der Waals surface area contributed by atoms with Crippen LogP contribution in [0.25, 0.3) is 6.08 Å². The first-order valence-electron chi connectivity index (χ1n) is 31.0. The van der Waals surface area contributed by atoms with Crippen molar-refractivity contribution in [3.05, 3.63) is 53.6 Å². The Morgan fingerprint density at radius 3 is 1.97 bits per heavy atom. The molecular weight excluding hydrogens is 1170 g/mol. The first-order chi connectivity index (χ1) is 41.8.